The van der Waals surface area contributed by atoms with Crippen molar-refractivity contribution in [2.45, 2.75) is 82.8 Å². The van der Waals surface area contributed by atoms with Crippen LogP contribution in [0.2, 0.25) is 0 Å². The summed E-state index contributed by atoms with van der Waals surface area (Å²) in [5, 5.41) is 15.8. The number of nitrogens with one attached hydrogen (secondary N) is 1. The molecule has 262 valence electrons. The van der Waals surface area contributed by atoms with Gasteiger partial charge in [-0.15, -0.1) is 0 Å². The molecule has 2 aliphatic carbocycles. The lowest BCUT2D eigenvalue weighted by atomic mass is 9.82. The first kappa shape index (κ1) is 33.8. The van der Waals surface area contributed by atoms with Crippen molar-refractivity contribution in [1.82, 2.24) is 24.5 Å². The molecule has 7 rings (SSSR count). The van der Waals surface area contributed by atoms with Crippen LogP contribution in [0.4, 0.5) is 5.69 Å². The Morgan fingerprint density at radius 2 is 1.30 bits per heavy atom. The number of carbonyl (C=O) groups is 2. The lowest BCUT2D eigenvalue weighted by molar-refractivity contribution is -0.153. The second kappa shape index (κ2) is 15.1. The average Bonchev–Trinajstić information content (AvgIpc) is 3.68. The summed E-state index contributed by atoms with van der Waals surface area (Å²) in [5.41, 5.74) is 5.64. The summed E-state index contributed by atoms with van der Waals surface area (Å²) in [4.78, 5) is 28.4. The highest BCUT2D eigenvalue weighted by atomic mass is 16.5. The number of esters is 1. The molecule has 1 amide bonds. The zero-order valence-corrected chi connectivity index (χ0v) is 29.7. The van der Waals surface area contributed by atoms with Crippen LogP contribution in [0.3, 0.4) is 0 Å². The summed E-state index contributed by atoms with van der Waals surface area (Å²) in [7, 11) is 5.70. The third kappa shape index (κ3) is 7.14. The summed E-state index contributed by atoms with van der Waals surface area (Å²) < 4.78 is 10.1. The lowest BCUT2D eigenvalue weighted by Crippen LogP contribution is -2.30. The van der Waals surface area contributed by atoms with E-state index in [1.165, 1.54) is 43.9 Å². The molecular weight excluding hydrogens is 624 g/mol. The largest absolute Gasteiger partial charge is 0.455 e. The Bertz CT molecular complexity index is 1930. The van der Waals surface area contributed by atoms with Crippen LogP contribution >= 0.6 is 0 Å². The Kier molecular flexibility index (Phi) is 10.2. The minimum atomic E-state index is -0.392. The number of fused-ring (bicyclic) bond motifs is 2. The fourth-order valence-corrected chi connectivity index (χ4v) is 8.28. The fourth-order valence-electron chi connectivity index (χ4n) is 8.28. The molecule has 2 aromatic heterocycles. The number of aryl methyl sites for hydroxylation is 2. The Hall–Kier alpha value is -4.66. The topological polar surface area (TPSA) is 94.3 Å². The summed E-state index contributed by atoms with van der Waals surface area (Å²) in [6, 6.07) is 24.4. The second-order valence-corrected chi connectivity index (χ2v) is 14.4. The third-order valence-corrected chi connectivity index (χ3v) is 11.0. The van der Waals surface area contributed by atoms with E-state index >= 15 is 0 Å². The maximum atomic E-state index is 13.5. The van der Waals surface area contributed by atoms with E-state index in [-0.39, 0.29) is 36.8 Å². The molecule has 5 aromatic rings. The van der Waals surface area contributed by atoms with Gasteiger partial charge < -0.3 is 15.0 Å². The molecule has 2 atom stereocenters. The highest BCUT2D eigenvalue weighted by molar-refractivity contribution is 5.94. The van der Waals surface area contributed by atoms with E-state index in [0.29, 0.717) is 11.5 Å². The molecular formula is C41H50N6O3. The summed E-state index contributed by atoms with van der Waals surface area (Å²) in [5.74, 6) is 0.309. The number of para-hydroxylation sites is 2. The monoisotopic (exact) mass is 674 g/mol. The Balaban J connectivity index is 1.00. The zero-order chi connectivity index (χ0) is 34.6. The van der Waals surface area contributed by atoms with Gasteiger partial charge in [0.15, 0.2) is 0 Å². The van der Waals surface area contributed by atoms with Crippen LogP contribution < -0.4 is 5.32 Å². The van der Waals surface area contributed by atoms with E-state index in [9.17, 15) is 9.59 Å². The van der Waals surface area contributed by atoms with Crippen LogP contribution in [0.25, 0.3) is 21.8 Å². The first-order chi connectivity index (χ1) is 24.4. The number of aromatic nitrogens is 4. The molecule has 1 N–H and O–H groups in total. The van der Waals surface area contributed by atoms with E-state index in [2.05, 4.69) is 35.6 Å². The van der Waals surface area contributed by atoms with E-state index in [1.807, 2.05) is 65.9 Å². The molecule has 9 nitrogen and oxygen atoms in total. The van der Waals surface area contributed by atoms with Crippen LogP contribution in [0.5, 0.6) is 0 Å². The Morgan fingerprint density at radius 3 is 1.92 bits per heavy atom. The molecule has 0 aliphatic heterocycles. The van der Waals surface area contributed by atoms with Gasteiger partial charge in [-0.2, -0.15) is 10.2 Å². The molecule has 50 heavy (non-hydrogen) atoms. The van der Waals surface area contributed by atoms with Crippen LogP contribution in [-0.2, 0) is 23.6 Å². The van der Waals surface area contributed by atoms with E-state index < -0.39 is 6.10 Å². The number of ether oxygens (including phenoxy) is 1. The van der Waals surface area contributed by atoms with Gasteiger partial charge in [0.05, 0.1) is 29.2 Å². The predicted octanol–water partition coefficient (Wildman–Crippen LogP) is 8.52. The van der Waals surface area contributed by atoms with Gasteiger partial charge in [0.2, 0.25) is 0 Å². The quantitative estimate of drug-likeness (QED) is 0.141. The highest BCUT2D eigenvalue weighted by Crippen LogP contribution is 2.40. The minimum Gasteiger partial charge on any atom is -0.455 e. The van der Waals surface area contributed by atoms with Gasteiger partial charge in [-0.05, 0) is 68.0 Å². The SMILES string of the molecule is CN(CCC(=O)OC(c1nn(C)c2ccccc12)C1CCCCC1)C(=O)c1ccc(NC(c2nn(C)c3ccccc23)C2CCCCC2)cc1. The van der Waals surface area contributed by atoms with E-state index in [1.54, 1.807) is 11.9 Å². The molecule has 2 unspecified atom stereocenters. The number of hydrogen-bond donors (Lipinski definition) is 1. The van der Waals surface area contributed by atoms with Crippen molar-refractivity contribution in [1.29, 1.82) is 0 Å². The average molecular weight is 675 g/mol. The van der Waals surface area contributed by atoms with Gasteiger partial charge in [-0.25, -0.2) is 0 Å². The maximum Gasteiger partial charge on any atom is 0.308 e. The minimum absolute atomic E-state index is 0.0816. The fraction of sp³-hybridized carbons (Fsp3) is 0.463. The number of carbonyl (C=O) groups excluding carboxylic acids is 2. The van der Waals surface area contributed by atoms with Gasteiger partial charge >= 0.3 is 5.97 Å². The molecule has 0 spiro atoms. The maximum absolute atomic E-state index is 13.5. The molecule has 2 saturated carbocycles. The van der Waals surface area contributed by atoms with E-state index in [0.717, 1.165) is 59.2 Å². The van der Waals surface area contributed by atoms with Crippen molar-refractivity contribution in [2.24, 2.45) is 25.9 Å². The number of benzene rings is 3. The van der Waals surface area contributed by atoms with E-state index in [4.69, 9.17) is 14.9 Å². The number of hydrogen-bond acceptors (Lipinski definition) is 6. The lowest BCUT2D eigenvalue weighted by Gasteiger charge is -2.31. The molecule has 2 heterocycles. The third-order valence-electron chi connectivity index (χ3n) is 11.0. The van der Waals surface area contributed by atoms with Crippen molar-refractivity contribution in [3.63, 3.8) is 0 Å². The van der Waals surface area contributed by atoms with Crippen molar-refractivity contribution in [2.75, 3.05) is 18.9 Å². The normalized spacial score (nSPS) is 17.1. The molecule has 2 fully saturated rings. The number of nitrogens with zero attached hydrogens (tertiary/aromatic N) is 5. The molecule has 0 saturated heterocycles. The number of amides is 1. The van der Waals surface area contributed by atoms with Gasteiger partial charge in [0.25, 0.3) is 5.91 Å². The van der Waals surface area contributed by atoms with Gasteiger partial charge in [-0.1, -0.05) is 74.9 Å². The number of anilines is 1. The van der Waals surface area contributed by atoms with Gasteiger partial charge in [0, 0.05) is 55.6 Å². The Morgan fingerprint density at radius 1 is 0.760 bits per heavy atom. The molecule has 9 heteroatoms. The van der Waals surface area contributed by atoms with Crippen LogP contribution in [0, 0.1) is 11.8 Å². The van der Waals surface area contributed by atoms with Crippen LogP contribution in [0.1, 0.15) is 105 Å². The number of rotatable bonds is 11. The summed E-state index contributed by atoms with van der Waals surface area (Å²) in [6.45, 7) is 0.272. The first-order valence-electron chi connectivity index (χ1n) is 18.5. The van der Waals surface area contributed by atoms with Gasteiger partial charge in [-0.3, -0.25) is 19.0 Å². The predicted molar refractivity (Wildman–Crippen MR) is 198 cm³/mol. The second-order valence-electron chi connectivity index (χ2n) is 14.4. The van der Waals surface area contributed by atoms with Crippen molar-refractivity contribution >= 4 is 39.4 Å². The molecule has 0 radical (unpaired) electrons. The zero-order valence-electron chi connectivity index (χ0n) is 29.7. The molecule has 0 bridgehead atoms. The van der Waals surface area contributed by atoms with Crippen LogP contribution in [-0.4, -0.2) is 49.9 Å². The summed E-state index contributed by atoms with van der Waals surface area (Å²) in [6.07, 6.45) is 11.4. The van der Waals surface area contributed by atoms with Crippen molar-refractivity contribution in [3.05, 3.63) is 89.7 Å². The highest BCUT2D eigenvalue weighted by Gasteiger charge is 2.33. The smallest absolute Gasteiger partial charge is 0.308 e. The first-order valence-corrected chi connectivity index (χ1v) is 18.5. The summed E-state index contributed by atoms with van der Waals surface area (Å²) >= 11 is 0. The van der Waals surface area contributed by atoms with Crippen LogP contribution in [0.15, 0.2) is 72.8 Å². The standard InChI is InChI=1S/C41H50N6O3/c1-45(27-26-36(48)50-40(29-16-8-5-9-17-29)39-33-19-11-13-21-35(33)47(3)44-39)41(49)30-22-24-31(25-23-30)42-37(28-14-6-4-7-15-28)38-32-18-10-12-20-34(32)46(2)43-38/h10-13,18-25,28-29,37,40,42H,4-9,14-17,26-27H2,1-3H3. The molecule has 3 aromatic carbocycles. The van der Waals surface area contributed by atoms with Crippen molar-refractivity contribution < 1.29 is 14.3 Å². The Labute approximate surface area is 295 Å². The van der Waals surface area contributed by atoms with Crippen molar-refractivity contribution in [3.8, 4) is 0 Å². The molecule has 2 aliphatic rings. The van der Waals surface area contributed by atoms with Gasteiger partial charge in [0.1, 0.15) is 11.8 Å².